The fourth-order valence-corrected chi connectivity index (χ4v) is 3.99. The molecule has 2 aromatic carbocycles. The van der Waals surface area contributed by atoms with Crippen molar-refractivity contribution in [3.8, 4) is 5.75 Å². The van der Waals surface area contributed by atoms with Crippen molar-refractivity contribution in [2.75, 3.05) is 19.0 Å². The van der Waals surface area contributed by atoms with E-state index in [9.17, 15) is 9.59 Å². The van der Waals surface area contributed by atoms with E-state index in [2.05, 4.69) is 5.32 Å². The van der Waals surface area contributed by atoms with E-state index in [4.69, 9.17) is 21.1 Å². The van der Waals surface area contributed by atoms with Crippen molar-refractivity contribution in [2.45, 2.75) is 44.4 Å². The molecule has 1 N–H and O–H groups in total. The molecule has 0 aromatic heterocycles. The lowest BCUT2D eigenvalue weighted by molar-refractivity contribution is -0.121. The van der Waals surface area contributed by atoms with Crippen LogP contribution >= 0.6 is 11.6 Å². The fourth-order valence-electron chi connectivity index (χ4n) is 3.86. The van der Waals surface area contributed by atoms with Crippen LogP contribution in [0, 0.1) is 0 Å². The SMILES string of the molecule is CCCOc1ccc(NC(=O)C2(c3ccc(Cl)cc3)CCCC2)cc1C(=O)OC. The largest absolute Gasteiger partial charge is 0.493 e. The van der Waals surface area contributed by atoms with E-state index >= 15 is 0 Å². The number of esters is 1. The van der Waals surface area contributed by atoms with Crippen molar-refractivity contribution in [2.24, 2.45) is 0 Å². The van der Waals surface area contributed by atoms with Gasteiger partial charge >= 0.3 is 5.97 Å². The molecule has 3 rings (SSSR count). The van der Waals surface area contributed by atoms with Gasteiger partial charge in [-0.3, -0.25) is 4.79 Å². The number of anilines is 1. The number of hydrogen-bond acceptors (Lipinski definition) is 4. The molecule has 6 heteroatoms. The molecule has 0 atom stereocenters. The first-order chi connectivity index (χ1) is 14.0. The maximum absolute atomic E-state index is 13.3. The molecule has 1 fully saturated rings. The molecule has 1 saturated carbocycles. The first-order valence-corrected chi connectivity index (χ1v) is 10.3. The standard InChI is InChI=1S/C23H26ClNO4/c1-3-14-29-20-11-10-18(15-19(20)21(26)28-2)25-22(27)23(12-4-5-13-23)16-6-8-17(24)9-7-16/h6-11,15H,3-5,12-14H2,1-2H3,(H,25,27). The first kappa shape index (κ1) is 21.2. The first-order valence-electron chi connectivity index (χ1n) is 9.93. The average molecular weight is 416 g/mol. The molecule has 0 radical (unpaired) electrons. The molecule has 0 bridgehead atoms. The summed E-state index contributed by atoms with van der Waals surface area (Å²) in [6, 6.07) is 12.5. The van der Waals surface area contributed by atoms with Gasteiger partial charge in [0, 0.05) is 10.7 Å². The maximum Gasteiger partial charge on any atom is 0.341 e. The number of amides is 1. The van der Waals surface area contributed by atoms with Gasteiger partial charge in [-0.25, -0.2) is 4.79 Å². The molecule has 1 amide bonds. The third kappa shape index (κ3) is 4.56. The van der Waals surface area contributed by atoms with Crippen LogP contribution < -0.4 is 10.1 Å². The van der Waals surface area contributed by atoms with E-state index in [1.165, 1.54) is 7.11 Å². The normalized spacial score (nSPS) is 15.0. The molecule has 0 heterocycles. The van der Waals surface area contributed by atoms with E-state index in [1.807, 2.05) is 31.2 Å². The van der Waals surface area contributed by atoms with Crippen LogP contribution in [0.25, 0.3) is 0 Å². The average Bonchev–Trinajstić information content (AvgIpc) is 3.24. The van der Waals surface area contributed by atoms with Gasteiger partial charge in [-0.15, -0.1) is 0 Å². The highest BCUT2D eigenvalue weighted by atomic mass is 35.5. The molecule has 0 spiro atoms. The lowest BCUT2D eigenvalue weighted by Gasteiger charge is -2.28. The van der Waals surface area contributed by atoms with E-state index in [-0.39, 0.29) is 5.91 Å². The third-order valence-electron chi connectivity index (χ3n) is 5.39. The number of carbonyl (C=O) groups is 2. The number of methoxy groups -OCH3 is 1. The van der Waals surface area contributed by atoms with Gasteiger partial charge < -0.3 is 14.8 Å². The van der Waals surface area contributed by atoms with Gasteiger partial charge in [-0.1, -0.05) is 43.5 Å². The number of rotatable bonds is 7. The van der Waals surface area contributed by atoms with Gasteiger partial charge in [0.15, 0.2) is 0 Å². The van der Waals surface area contributed by atoms with Gasteiger partial charge in [0.25, 0.3) is 0 Å². The van der Waals surface area contributed by atoms with Crippen LogP contribution in [-0.2, 0) is 14.9 Å². The molecule has 2 aromatic rings. The quantitative estimate of drug-likeness (QED) is 0.618. The summed E-state index contributed by atoms with van der Waals surface area (Å²) in [5.41, 5.74) is 1.21. The monoisotopic (exact) mass is 415 g/mol. The van der Waals surface area contributed by atoms with Crippen molar-refractivity contribution < 1.29 is 19.1 Å². The fraction of sp³-hybridized carbons (Fsp3) is 0.391. The minimum absolute atomic E-state index is 0.0737. The summed E-state index contributed by atoms with van der Waals surface area (Å²) in [7, 11) is 1.32. The molecule has 1 aliphatic carbocycles. The highest BCUT2D eigenvalue weighted by molar-refractivity contribution is 6.30. The Morgan fingerprint density at radius 1 is 1.10 bits per heavy atom. The van der Waals surface area contributed by atoms with E-state index in [1.54, 1.807) is 18.2 Å². The minimum atomic E-state index is -0.590. The van der Waals surface area contributed by atoms with Gasteiger partial charge in [-0.2, -0.15) is 0 Å². The smallest absolute Gasteiger partial charge is 0.341 e. The minimum Gasteiger partial charge on any atom is -0.493 e. The molecular formula is C23H26ClNO4. The zero-order chi connectivity index (χ0) is 20.9. The lowest BCUT2D eigenvalue weighted by atomic mass is 9.78. The van der Waals surface area contributed by atoms with Crippen molar-refractivity contribution in [3.63, 3.8) is 0 Å². The van der Waals surface area contributed by atoms with Crippen LogP contribution in [0.5, 0.6) is 5.75 Å². The van der Waals surface area contributed by atoms with Gasteiger partial charge in [0.1, 0.15) is 11.3 Å². The van der Waals surface area contributed by atoms with Crippen LogP contribution in [0.15, 0.2) is 42.5 Å². The number of benzene rings is 2. The highest BCUT2D eigenvalue weighted by Gasteiger charge is 2.42. The van der Waals surface area contributed by atoms with E-state index in [0.29, 0.717) is 28.6 Å². The predicted octanol–water partition coefficient (Wildman–Crippen LogP) is 5.37. The summed E-state index contributed by atoms with van der Waals surface area (Å²) in [5, 5.41) is 3.65. The van der Waals surface area contributed by atoms with Gasteiger partial charge in [0.05, 0.1) is 19.1 Å². The molecule has 5 nitrogen and oxygen atoms in total. The van der Waals surface area contributed by atoms with Crippen molar-refractivity contribution in [3.05, 3.63) is 58.6 Å². The predicted molar refractivity (Wildman–Crippen MR) is 114 cm³/mol. The van der Waals surface area contributed by atoms with Crippen LogP contribution in [0.2, 0.25) is 5.02 Å². The molecule has 29 heavy (non-hydrogen) atoms. The zero-order valence-electron chi connectivity index (χ0n) is 16.8. The summed E-state index contributed by atoms with van der Waals surface area (Å²) < 4.78 is 10.5. The molecule has 0 aliphatic heterocycles. The molecule has 0 unspecified atom stereocenters. The van der Waals surface area contributed by atoms with Crippen molar-refractivity contribution in [1.82, 2.24) is 0 Å². The Kier molecular flexibility index (Phi) is 6.80. The number of carbonyl (C=O) groups excluding carboxylic acids is 2. The summed E-state index contributed by atoms with van der Waals surface area (Å²) in [4.78, 5) is 25.5. The number of ether oxygens (including phenoxy) is 2. The summed E-state index contributed by atoms with van der Waals surface area (Å²) in [6.45, 7) is 2.49. The number of nitrogens with one attached hydrogen (secondary N) is 1. The Hall–Kier alpha value is -2.53. The summed E-state index contributed by atoms with van der Waals surface area (Å²) in [6.07, 6.45) is 4.37. The summed E-state index contributed by atoms with van der Waals surface area (Å²) >= 11 is 6.03. The van der Waals surface area contributed by atoms with Gasteiger partial charge in [-0.05, 0) is 55.2 Å². The van der Waals surface area contributed by atoms with Crippen LogP contribution in [0.3, 0.4) is 0 Å². The van der Waals surface area contributed by atoms with Gasteiger partial charge in [0.2, 0.25) is 5.91 Å². The van der Waals surface area contributed by atoms with Crippen LogP contribution in [0.4, 0.5) is 5.69 Å². The van der Waals surface area contributed by atoms with E-state index in [0.717, 1.165) is 37.7 Å². The number of hydrogen-bond donors (Lipinski definition) is 1. The Bertz CT molecular complexity index is 873. The molecule has 0 saturated heterocycles. The second-order valence-corrected chi connectivity index (χ2v) is 7.74. The van der Waals surface area contributed by atoms with Crippen molar-refractivity contribution >= 4 is 29.2 Å². The Morgan fingerprint density at radius 3 is 2.41 bits per heavy atom. The lowest BCUT2D eigenvalue weighted by Crippen LogP contribution is -2.38. The number of halogens is 1. The second kappa shape index (κ2) is 9.31. The topological polar surface area (TPSA) is 64.6 Å². The van der Waals surface area contributed by atoms with Crippen LogP contribution in [-0.4, -0.2) is 25.6 Å². The Labute approximate surface area is 176 Å². The third-order valence-corrected chi connectivity index (χ3v) is 5.64. The van der Waals surface area contributed by atoms with Crippen molar-refractivity contribution in [1.29, 1.82) is 0 Å². The highest BCUT2D eigenvalue weighted by Crippen LogP contribution is 2.42. The second-order valence-electron chi connectivity index (χ2n) is 7.30. The zero-order valence-corrected chi connectivity index (χ0v) is 17.6. The summed E-state index contributed by atoms with van der Waals surface area (Å²) in [5.74, 6) is -0.124. The maximum atomic E-state index is 13.3. The van der Waals surface area contributed by atoms with E-state index < -0.39 is 11.4 Å². The molecule has 1 aliphatic rings. The molecule has 154 valence electrons. The molecular weight excluding hydrogens is 390 g/mol. The van der Waals surface area contributed by atoms with Crippen LogP contribution in [0.1, 0.15) is 54.9 Å². The Morgan fingerprint density at radius 2 is 1.79 bits per heavy atom. The Balaban J connectivity index is 1.88.